The van der Waals surface area contributed by atoms with Gasteiger partial charge in [-0.25, -0.2) is 14.4 Å². The maximum Gasteiger partial charge on any atom is 0.219 e. The monoisotopic (exact) mass is 360 g/mol. The molecule has 1 fully saturated rings. The lowest BCUT2D eigenvalue weighted by Gasteiger charge is -2.34. The zero-order chi connectivity index (χ0) is 17.8. The number of thiazole rings is 1. The molecule has 0 spiro atoms. The van der Waals surface area contributed by atoms with Gasteiger partial charge in [-0.2, -0.15) is 5.26 Å². The van der Waals surface area contributed by atoms with E-state index in [1.54, 1.807) is 24.1 Å². The highest BCUT2D eigenvalue weighted by Crippen LogP contribution is 2.24. The molecule has 3 heterocycles. The van der Waals surface area contributed by atoms with E-state index in [0.717, 1.165) is 11.3 Å². The maximum atomic E-state index is 14.7. The van der Waals surface area contributed by atoms with E-state index in [-0.39, 0.29) is 11.7 Å². The summed E-state index contributed by atoms with van der Waals surface area (Å²) in [7, 11) is 0. The van der Waals surface area contributed by atoms with Crippen molar-refractivity contribution in [3.05, 3.63) is 34.7 Å². The minimum Gasteiger partial charge on any atom is -0.340 e. The summed E-state index contributed by atoms with van der Waals surface area (Å²) in [6.45, 7) is 4.75. The number of hydrogen-bond donors (Lipinski definition) is 1. The fourth-order valence-corrected chi connectivity index (χ4v) is 3.25. The fraction of sp³-hybridized carbons (Fsp3) is 0.375. The molecule has 1 aliphatic heterocycles. The SMILES string of the molecule is CC(=O)N1CCN(Cc2ccnc(Nc3ncc(C#N)s3)c2F)CC1. The van der Waals surface area contributed by atoms with Crippen molar-refractivity contribution in [1.29, 1.82) is 5.26 Å². The molecule has 2 aromatic rings. The summed E-state index contributed by atoms with van der Waals surface area (Å²) in [5.74, 6) is -0.259. The van der Waals surface area contributed by atoms with Gasteiger partial charge in [0.1, 0.15) is 10.9 Å². The standard InChI is InChI=1S/C16H17FN6OS/c1-11(24)23-6-4-22(5-7-23)10-12-2-3-19-15(14(12)17)21-16-20-9-13(8-18)25-16/h2-3,9H,4-7,10H2,1H3,(H,19,20,21). The van der Waals surface area contributed by atoms with E-state index >= 15 is 0 Å². The van der Waals surface area contributed by atoms with Crippen LogP contribution in [0.4, 0.5) is 15.3 Å². The molecule has 0 radical (unpaired) electrons. The molecule has 0 unspecified atom stereocenters. The second-order valence-corrected chi connectivity index (χ2v) is 6.71. The normalized spacial score (nSPS) is 15.0. The predicted molar refractivity (Wildman–Crippen MR) is 91.8 cm³/mol. The summed E-state index contributed by atoms with van der Waals surface area (Å²) >= 11 is 1.14. The summed E-state index contributed by atoms with van der Waals surface area (Å²) < 4.78 is 14.7. The number of nitrogens with one attached hydrogen (secondary N) is 1. The van der Waals surface area contributed by atoms with Crippen molar-refractivity contribution in [2.75, 3.05) is 31.5 Å². The molecular weight excluding hydrogens is 343 g/mol. The van der Waals surface area contributed by atoms with Gasteiger partial charge in [0, 0.05) is 51.4 Å². The van der Waals surface area contributed by atoms with Crippen LogP contribution in [-0.2, 0) is 11.3 Å². The van der Waals surface area contributed by atoms with Crippen LogP contribution in [-0.4, -0.2) is 51.9 Å². The van der Waals surface area contributed by atoms with E-state index in [4.69, 9.17) is 5.26 Å². The van der Waals surface area contributed by atoms with Crippen molar-refractivity contribution in [1.82, 2.24) is 19.8 Å². The molecule has 0 aromatic carbocycles. The molecule has 0 bridgehead atoms. The van der Waals surface area contributed by atoms with Crippen LogP contribution in [0.1, 0.15) is 17.4 Å². The van der Waals surface area contributed by atoms with Gasteiger partial charge < -0.3 is 10.2 Å². The first-order valence-electron chi connectivity index (χ1n) is 7.81. The zero-order valence-corrected chi connectivity index (χ0v) is 14.5. The molecule has 2 aromatic heterocycles. The molecule has 1 aliphatic rings. The van der Waals surface area contributed by atoms with Gasteiger partial charge in [-0.1, -0.05) is 11.3 Å². The van der Waals surface area contributed by atoms with Crippen LogP contribution in [0.2, 0.25) is 0 Å². The Bertz CT molecular complexity index is 809. The maximum absolute atomic E-state index is 14.7. The smallest absolute Gasteiger partial charge is 0.219 e. The first-order chi connectivity index (χ1) is 12.1. The number of nitriles is 1. The topological polar surface area (TPSA) is 85.2 Å². The molecule has 1 amide bonds. The third-order valence-electron chi connectivity index (χ3n) is 4.02. The van der Waals surface area contributed by atoms with Crippen molar-refractivity contribution >= 4 is 28.2 Å². The van der Waals surface area contributed by atoms with Crippen LogP contribution in [0.3, 0.4) is 0 Å². The van der Waals surface area contributed by atoms with E-state index in [9.17, 15) is 9.18 Å². The Hall–Kier alpha value is -2.57. The Morgan fingerprint density at radius 1 is 1.40 bits per heavy atom. The third kappa shape index (κ3) is 4.10. The second-order valence-electron chi connectivity index (χ2n) is 5.68. The zero-order valence-electron chi connectivity index (χ0n) is 13.7. The summed E-state index contributed by atoms with van der Waals surface area (Å²) in [4.78, 5) is 23.8. The molecule has 25 heavy (non-hydrogen) atoms. The number of carbonyl (C=O) groups is 1. The number of carbonyl (C=O) groups excluding carboxylic acids is 1. The van der Waals surface area contributed by atoms with E-state index < -0.39 is 5.82 Å². The highest BCUT2D eigenvalue weighted by atomic mass is 32.1. The number of aromatic nitrogens is 2. The number of halogens is 1. The lowest BCUT2D eigenvalue weighted by atomic mass is 10.2. The van der Waals surface area contributed by atoms with Crippen LogP contribution < -0.4 is 5.32 Å². The van der Waals surface area contributed by atoms with E-state index in [1.165, 1.54) is 6.20 Å². The lowest BCUT2D eigenvalue weighted by Crippen LogP contribution is -2.47. The number of amides is 1. The average Bonchev–Trinajstić information content (AvgIpc) is 3.06. The van der Waals surface area contributed by atoms with E-state index in [1.807, 2.05) is 6.07 Å². The first kappa shape index (κ1) is 17.3. The molecule has 3 rings (SSSR count). The highest BCUT2D eigenvalue weighted by Gasteiger charge is 2.20. The van der Waals surface area contributed by atoms with Crippen LogP contribution in [0.15, 0.2) is 18.5 Å². The van der Waals surface area contributed by atoms with Crippen molar-refractivity contribution in [3.63, 3.8) is 0 Å². The van der Waals surface area contributed by atoms with Gasteiger partial charge >= 0.3 is 0 Å². The molecule has 130 valence electrons. The average molecular weight is 360 g/mol. The Balaban J connectivity index is 1.67. The highest BCUT2D eigenvalue weighted by molar-refractivity contribution is 7.16. The minimum absolute atomic E-state index is 0.0708. The summed E-state index contributed by atoms with van der Waals surface area (Å²) in [6.07, 6.45) is 2.98. The van der Waals surface area contributed by atoms with E-state index in [0.29, 0.717) is 48.3 Å². The molecular formula is C16H17FN6OS. The predicted octanol–water partition coefficient (Wildman–Crippen LogP) is 1.96. The quantitative estimate of drug-likeness (QED) is 0.897. The molecule has 0 saturated carbocycles. The van der Waals surface area contributed by atoms with E-state index in [2.05, 4.69) is 20.2 Å². The minimum atomic E-state index is -0.426. The van der Waals surface area contributed by atoms with Crippen LogP contribution >= 0.6 is 11.3 Å². The van der Waals surface area contributed by atoms with Gasteiger partial charge in [-0.15, -0.1) is 0 Å². The fourth-order valence-electron chi connectivity index (χ4n) is 2.64. The lowest BCUT2D eigenvalue weighted by molar-refractivity contribution is -0.130. The largest absolute Gasteiger partial charge is 0.340 e. The Kier molecular flexibility index (Phi) is 5.21. The van der Waals surface area contributed by atoms with Crippen molar-refractivity contribution in [3.8, 4) is 6.07 Å². The third-order valence-corrected chi connectivity index (χ3v) is 4.84. The Morgan fingerprint density at radius 3 is 2.80 bits per heavy atom. The van der Waals surface area contributed by atoms with Gasteiger partial charge in [0.15, 0.2) is 16.8 Å². The number of rotatable bonds is 4. The molecule has 9 heteroatoms. The van der Waals surface area contributed by atoms with Gasteiger partial charge in [0.25, 0.3) is 0 Å². The van der Waals surface area contributed by atoms with Crippen molar-refractivity contribution in [2.45, 2.75) is 13.5 Å². The number of pyridine rings is 1. The van der Waals surface area contributed by atoms with Gasteiger partial charge in [-0.05, 0) is 6.07 Å². The summed E-state index contributed by atoms with van der Waals surface area (Å²) in [6, 6.07) is 3.65. The van der Waals surface area contributed by atoms with Gasteiger partial charge in [0.05, 0.1) is 6.20 Å². The molecule has 1 N–H and O–H groups in total. The van der Waals surface area contributed by atoms with Crippen LogP contribution in [0, 0.1) is 17.1 Å². The number of piperazine rings is 1. The molecule has 7 nitrogen and oxygen atoms in total. The summed E-state index contributed by atoms with van der Waals surface area (Å²) in [5.41, 5.74) is 0.533. The van der Waals surface area contributed by atoms with Crippen molar-refractivity contribution < 1.29 is 9.18 Å². The van der Waals surface area contributed by atoms with Gasteiger partial charge in [0.2, 0.25) is 5.91 Å². The van der Waals surface area contributed by atoms with Gasteiger partial charge in [-0.3, -0.25) is 9.69 Å². The van der Waals surface area contributed by atoms with Crippen LogP contribution in [0.25, 0.3) is 0 Å². The molecule has 0 atom stereocenters. The number of nitrogens with zero attached hydrogens (tertiary/aromatic N) is 5. The van der Waals surface area contributed by atoms with Crippen molar-refractivity contribution in [2.24, 2.45) is 0 Å². The first-order valence-corrected chi connectivity index (χ1v) is 8.62. The molecule has 0 aliphatic carbocycles. The van der Waals surface area contributed by atoms with Crippen LogP contribution in [0.5, 0.6) is 0 Å². The Labute approximate surface area is 148 Å². The number of anilines is 2. The molecule has 1 saturated heterocycles. The summed E-state index contributed by atoms with van der Waals surface area (Å²) in [5, 5.41) is 12.1. The second kappa shape index (κ2) is 7.55. The number of hydrogen-bond acceptors (Lipinski definition) is 7. The Morgan fingerprint density at radius 2 is 2.16 bits per heavy atom.